The van der Waals surface area contributed by atoms with E-state index in [0.29, 0.717) is 19.4 Å². The molecule has 1 aliphatic rings. The van der Waals surface area contributed by atoms with Crippen molar-refractivity contribution in [2.24, 2.45) is 0 Å². The zero-order valence-corrected chi connectivity index (χ0v) is 29.4. The molecule has 2 aromatic carbocycles. The van der Waals surface area contributed by atoms with Gasteiger partial charge in [0.2, 0.25) is 5.52 Å². The summed E-state index contributed by atoms with van der Waals surface area (Å²) >= 11 is 10.6. The van der Waals surface area contributed by atoms with Gasteiger partial charge >= 0.3 is 0 Å². The van der Waals surface area contributed by atoms with Gasteiger partial charge in [-0.15, -0.1) is 47.0 Å². The number of nitrogens with zero attached hydrogens (tertiary/aromatic N) is 2. The average Bonchev–Trinajstić information content (AvgIpc) is 3.48. The van der Waals surface area contributed by atoms with E-state index in [1.54, 1.807) is 58.4 Å². The lowest BCUT2D eigenvalue weighted by Crippen LogP contribution is -2.35. The number of thioether (sulfide) groups is 5. The van der Waals surface area contributed by atoms with Gasteiger partial charge in [0.1, 0.15) is 4.70 Å². The van der Waals surface area contributed by atoms with Crippen molar-refractivity contribution < 1.29 is 17.5 Å². The normalized spacial score (nSPS) is 14.9. The number of hydrogen-bond acceptors (Lipinski definition) is 10. The molecule has 0 spiro atoms. The molecule has 220 valence electrons. The lowest BCUT2D eigenvalue weighted by Gasteiger charge is -2.18. The van der Waals surface area contributed by atoms with Crippen LogP contribution in [0, 0.1) is 0 Å². The molecule has 5 nitrogen and oxygen atoms in total. The summed E-state index contributed by atoms with van der Waals surface area (Å²) in [4.78, 5) is 8.78. The van der Waals surface area contributed by atoms with Crippen molar-refractivity contribution in [2.45, 2.75) is 50.8 Å². The van der Waals surface area contributed by atoms with Crippen LogP contribution in [-0.2, 0) is 16.7 Å². The van der Waals surface area contributed by atoms with Crippen molar-refractivity contribution in [3.8, 4) is 0 Å². The minimum absolute atomic E-state index is 0.321. The predicted molar refractivity (Wildman–Crippen MR) is 185 cm³/mol. The summed E-state index contributed by atoms with van der Waals surface area (Å²) in [5.74, 6) is -0.321. The number of aryl methyl sites for hydroxylation is 1. The van der Waals surface area contributed by atoms with Crippen LogP contribution in [0.3, 0.4) is 0 Å². The smallest absolute Gasteiger partial charge is 0.262 e. The maximum Gasteiger partial charge on any atom is 0.262 e. The monoisotopic (exact) mass is 682 g/mol. The first-order valence-corrected chi connectivity index (χ1v) is 21.1. The van der Waals surface area contributed by atoms with Gasteiger partial charge in [0.25, 0.3) is 5.01 Å². The zero-order valence-electron chi connectivity index (χ0n) is 23.7. The van der Waals surface area contributed by atoms with Gasteiger partial charge in [0.15, 0.2) is 6.54 Å². The molecule has 2 heterocycles. The summed E-state index contributed by atoms with van der Waals surface area (Å²) in [5.41, 5.74) is 2.42. The van der Waals surface area contributed by atoms with Crippen LogP contribution in [0.4, 0.5) is 5.69 Å². The summed E-state index contributed by atoms with van der Waals surface area (Å²) in [6.07, 6.45) is 19.9. The molecular formula is C29H34N2O3S7. The van der Waals surface area contributed by atoms with Gasteiger partial charge in [-0.1, -0.05) is 41.3 Å². The Hall–Kier alpha value is -0.990. The molecule has 4 rings (SSSR count). The zero-order chi connectivity index (χ0) is 29.6. The number of aromatic nitrogens is 1. The fourth-order valence-corrected chi connectivity index (χ4v) is 10.5. The van der Waals surface area contributed by atoms with Crippen LogP contribution in [0.15, 0.2) is 78.1 Å². The molecule has 0 aliphatic carbocycles. The molecular weight excluding hydrogens is 649 g/mol. The van der Waals surface area contributed by atoms with Crippen molar-refractivity contribution in [3.05, 3.63) is 58.6 Å². The quantitative estimate of drug-likeness (QED) is 0.0581. The van der Waals surface area contributed by atoms with Crippen molar-refractivity contribution in [1.82, 2.24) is 0 Å². The number of fused-ring (bicyclic) bond motifs is 2. The van der Waals surface area contributed by atoms with Crippen LogP contribution >= 0.6 is 70.1 Å². The highest BCUT2D eigenvalue weighted by molar-refractivity contribution is 8.04. The maximum absolute atomic E-state index is 11.1. The highest BCUT2D eigenvalue weighted by Crippen LogP contribution is 2.49. The second-order valence-electron chi connectivity index (χ2n) is 9.01. The van der Waals surface area contributed by atoms with E-state index in [-0.39, 0.29) is 5.75 Å². The molecule has 12 heteroatoms. The Labute approximate surface area is 269 Å². The number of anilines is 1. The highest BCUT2D eigenvalue weighted by Gasteiger charge is 2.25. The summed E-state index contributed by atoms with van der Waals surface area (Å²) in [7, 11) is -4.19. The number of unbranched alkanes of at least 4 members (excludes halogenated alkanes) is 1. The Morgan fingerprint density at radius 2 is 1.56 bits per heavy atom. The molecule has 1 aliphatic heterocycles. The molecule has 0 amide bonds. The first-order valence-electron chi connectivity index (χ1n) is 13.0. The Bertz CT molecular complexity index is 1590. The van der Waals surface area contributed by atoms with E-state index >= 15 is 0 Å². The van der Waals surface area contributed by atoms with Crippen LogP contribution in [0.5, 0.6) is 0 Å². The van der Waals surface area contributed by atoms with E-state index in [1.807, 2.05) is 11.8 Å². The molecule has 0 atom stereocenters. The standard InChI is InChI=1S/C29H34N2O3S7/c1-6-30-20-16-24(35-2)26(37-4)18-22(20)39-28(30)12-8-7-9-13-29-31(14-10-11-15-41(32,33)34)21-17-25(36-3)27(38-5)19-23(21)40-29/h7-9,12-13,16-19H,6,10-11,14-15H2,1-5H3. The largest absolute Gasteiger partial charge is 0.748 e. The molecule has 0 unspecified atom stereocenters. The van der Waals surface area contributed by atoms with Crippen LogP contribution in [0.2, 0.25) is 0 Å². The number of hydrogen-bond donors (Lipinski definition) is 0. The Kier molecular flexibility index (Phi) is 12.2. The van der Waals surface area contributed by atoms with Crippen LogP contribution < -0.4 is 9.47 Å². The fraction of sp³-hybridized carbons (Fsp3) is 0.345. The molecule has 1 aromatic heterocycles. The van der Waals surface area contributed by atoms with Crippen LogP contribution in [0.25, 0.3) is 16.3 Å². The second-order valence-corrected chi connectivity index (χ2v) is 16.0. The third-order valence-corrected chi connectivity index (χ3v) is 12.9. The predicted octanol–water partition coefficient (Wildman–Crippen LogP) is 8.44. The fourth-order valence-electron chi connectivity index (χ4n) is 4.55. The third kappa shape index (κ3) is 8.14. The molecule has 0 N–H and O–H groups in total. The van der Waals surface area contributed by atoms with E-state index in [9.17, 15) is 13.0 Å². The van der Waals surface area contributed by atoms with Crippen molar-refractivity contribution in [1.29, 1.82) is 0 Å². The highest BCUT2D eigenvalue weighted by atomic mass is 32.2. The van der Waals surface area contributed by atoms with Gasteiger partial charge in [-0.2, -0.15) is 4.57 Å². The number of benzene rings is 2. The summed E-state index contributed by atoms with van der Waals surface area (Å²) in [5, 5.41) is 2.32. The van der Waals surface area contributed by atoms with Gasteiger partial charge in [0.05, 0.1) is 20.8 Å². The SMILES string of the molecule is CCN1/C(=C/C=C/C=C/c2sc3cc(SC)c(SC)cc3[n+]2CCCCS(=O)(=O)[O-])Sc2cc(SC)c(SC)cc21. The molecule has 41 heavy (non-hydrogen) atoms. The molecule has 0 radical (unpaired) electrons. The average molecular weight is 683 g/mol. The lowest BCUT2D eigenvalue weighted by molar-refractivity contribution is -0.669. The number of thiazole rings is 1. The summed E-state index contributed by atoms with van der Waals surface area (Å²) in [6, 6.07) is 9.08. The minimum Gasteiger partial charge on any atom is -0.748 e. The summed E-state index contributed by atoms with van der Waals surface area (Å²) in [6.45, 7) is 3.76. The van der Waals surface area contributed by atoms with Crippen molar-refractivity contribution in [3.63, 3.8) is 0 Å². The Balaban J connectivity index is 1.57. The first-order chi connectivity index (χ1) is 19.7. The molecule has 0 saturated heterocycles. The molecule has 0 fully saturated rings. The minimum atomic E-state index is -4.19. The van der Waals surface area contributed by atoms with Gasteiger partial charge in [-0.05, 0) is 62.6 Å². The van der Waals surface area contributed by atoms with Crippen molar-refractivity contribution >= 4 is 102 Å². The van der Waals surface area contributed by atoms with E-state index in [0.717, 1.165) is 17.1 Å². The lowest BCUT2D eigenvalue weighted by atomic mass is 10.3. The van der Waals surface area contributed by atoms with Crippen molar-refractivity contribution in [2.75, 3.05) is 42.2 Å². The van der Waals surface area contributed by atoms with Gasteiger partial charge in [-0.25, -0.2) is 8.42 Å². The molecule has 3 aromatic rings. The maximum atomic E-state index is 11.1. The topological polar surface area (TPSA) is 64.3 Å². The second kappa shape index (κ2) is 15.1. The molecule has 0 saturated carbocycles. The van der Waals surface area contributed by atoms with Gasteiger partial charge in [-0.3, -0.25) is 0 Å². The van der Waals surface area contributed by atoms with Crippen LogP contribution in [0.1, 0.15) is 24.8 Å². The third-order valence-electron chi connectivity index (χ3n) is 6.52. The van der Waals surface area contributed by atoms with E-state index in [2.05, 4.69) is 96.1 Å². The first kappa shape index (κ1) is 32.9. The van der Waals surface area contributed by atoms with E-state index in [1.165, 1.54) is 39.9 Å². The Morgan fingerprint density at radius 3 is 2.22 bits per heavy atom. The summed E-state index contributed by atoms with van der Waals surface area (Å²) < 4.78 is 36.7. The number of allylic oxidation sites excluding steroid dienone is 4. The van der Waals surface area contributed by atoms with Crippen LogP contribution in [-0.4, -0.2) is 50.3 Å². The Morgan fingerprint density at radius 1 is 0.902 bits per heavy atom. The number of rotatable bonds is 13. The van der Waals surface area contributed by atoms with Gasteiger partial charge < -0.3 is 9.45 Å². The molecule has 0 bridgehead atoms. The van der Waals surface area contributed by atoms with E-state index < -0.39 is 10.1 Å². The van der Waals surface area contributed by atoms with E-state index in [4.69, 9.17) is 0 Å². The van der Waals surface area contributed by atoms with Gasteiger partial charge in [0, 0.05) is 55.3 Å².